The summed E-state index contributed by atoms with van der Waals surface area (Å²) in [5.41, 5.74) is 3.15. The second kappa shape index (κ2) is 5.20. The Morgan fingerprint density at radius 2 is 2.32 bits per heavy atom. The van der Waals surface area contributed by atoms with E-state index in [0.717, 1.165) is 13.0 Å². The molecule has 0 fully saturated rings. The lowest BCUT2D eigenvalue weighted by molar-refractivity contribution is -0.120. The number of carbonyl (C=O) groups excluding carboxylic acids is 1. The highest BCUT2D eigenvalue weighted by Crippen LogP contribution is 2.32. The SMILES string of the molecule is CCC(=O)NCCC1CC2=c3c1cccc3=CCC2. The van der Waals surface area contributed by atoms with Crippen molar-refractivity contribution in [3.63, 3.8) is 0 Å². The zero-order chi connectivity index (χ0) is 13.2. The average Bonchev–Trinajstić information content (AvgIpc) is 2.80. The van der Waals surface area contributed by atoms with Crippen molar-refractivity contribution in [1.82, 2.24) is 5.32 Å². The summed E-state index contributed by atoms with van der Waals surface area (Å²) in [6.07, 6.45) is 7.61. The van der Waals surface area contributed by atoms with Gasteiger partial charge in [0, 0.05) is 13.0 Å². The van der Waals surface area contributed by atoms with Gasteiger partial charge in [-0.3, -0.25) is 4.79 Å². The molecule has 0 aliphatic heterocycles. The molecule has 100 valence electrons. The molecule has 3 rings (SSSR count). The highest BCUT2D eigenvalue weighted by molar-refractivity contribution is 5.75. The number of nitrogens with one attached hydrogen (secondary N) is 1. The summed E-state index contributed by atoms with van der Waals surface area (Å²) in [7, 11) is 0. The Morgan fingerprint density at radius 3 is 3.16 bits per heavy atom. The third kappa shape index (κ3) is 2.32. The Hall–Kier alpha value is -1.57. The lowest BCUT2D eigenvalue weighted by Crippen LogP contribution is -2.30. The maximum Gasteiger partial charge on any atom is 0.219 e. The van der Waals surface area contributed by atoms with E-state index in [1.807, 2.05) is 6.92 Å². The van der Waals surface area contributed by atoms with Crippen LogP contribution in [-0.2, 0) is 4.79 Å². The summed E-state index contributed by atoms with van der Waals surface area (Å²) in [4.78, 5) is 11.3. The van der Waals surface area contributed by atoms with E-state index in [0.29, 0.717) is 12.3 Å². The van der Waals surface area contributed by atoms with Gasteiger partial charge in [0.05, 0.1) is 0 Å². The first kappa shape index (κ1) is 12.5. The largest absolute Gasteiger partial charge is 0.356 e. The van der Waals surface area contributed by atoms with Gasteiger partial charge in [0.1, 0.15) is 0 Å². The maximum atomic E-state index is 11.3. The van der Waals surface area contributed by atoms with E-state index < -0.39 is 0 Å². The minimum absolute atomic E-state index is 0.161. The fourth-order valence-corrected chi connectivity index (χ4v) is 3.41. The van der Waals surface area contributed by atoms with E-state index in [4.69, 9.17) is 0 Å². The van der Waals surface area contributed by atoms with Crippen LogP contribution < -0.4 is 15.8 Å². The predicted octanol–water partition coefficient (Wildman–Crippen LogP) is 1.82. The molecule has 2 aliphatic rings. The quantitative estimate of drug-likeness (QED) is 0.873. The van der Waals surface area contributed by atoms with Crippen LogP contribution in [0, 0.1) is 0 Å². The van der Waals surface area contributed by atoms with E-state index in [9.17, 15) is 4.79 Å². The summed E-state index contributed by atoms with van der Waals surface area (Å²) in [6, 6.07) is 6.69. The van der Waals surface area contributed by atoms with Crippen molar-refractivity contribution < 1.29 is 4.79 Å². The van der Waals surface area contributed by atoms with Crippen LogP contribution in [0.25, 0.3) is 11.6 Å². The summed E-state index contributed by atoms with van der Waals surface area (Å²) < 4.78 is 0. The zero-order valence-corrected chi connectivity index (χ0v) is 11.5. The molecule has 0 aromatic heterocycles. The van der Waals surface area contributed by atoms with E-state index in [1.165, 1.54) is 35.3 Å². The Labute approximate surface area is 114 Å². The summed E-state index contributed by atoms with van der Waals surface area (Å²) in [5, 5.41) is 5.95. The van der Waals surface area contributed by atoms with Gasteiger partial charge in [-0.2, -0.15) is 0 Å². The van der Waals surface area contributed by atoms with Crippen molar-refractivity contribution in [2.24, 2.45) is 0 Å². The Kier molecular flexibility index (Phi) is 3.41. The minimum Gasteiger partial charge on any atom is -0.356 e. The number of rotatable bonds is 4. The van der Waals surface area contributed by atoms with Gasteiger partial charge in [0.15, 0.2) is 0 Å². The molecule has 2 heteroatoms. The van der Waals surface area contributed by atoms with Crippen LogP contribution in [0.1, 0.15) is 50.5 Å². The summed E-state index contributed by atoms with van der Waals surface area (Å²) in [5.74, 6) is 0.766. The van der Waals surface area contributed by atoms with Crippen LogP contribution in [0.3, 0.4) is 0 Å². The highest BCUT2D eigenvalue weighted by atomic mass is 16.1. The molecule has 0 saturated carbocycles. The van der Waals surface area contributed by atoms with Crippen LogP contribution in [0.4, 0.5) is 0 Å². The molecule has 2 aliphatic carbocycles. The Balaban J connectivity index is 1.76. The smallest absolute Gasteiger partial charge is 0.219 e. The monoisotopic (exact) mass is 255 g/mol. The molecular formula is C17H21NO. The molecule has 2 nitrogen and oxygen atoms in total. The third-order valence-corrected chi connectivity index (χ3v) is 4.36. The van der Waals surface area contributed by atoms with Crippen molar-refractivity contribution in [1.29, 1.82) is 0 Å². The van der Waals surface area contributed by atoms with Gasteiger partial charge in [-0.15, -0.1) is 0 Å². The lowest BCUT2D eigenvalue weighted by atomic mass is 9.96. The number of hydrogen-bond acceptors (Lipinski definition) is 1. The van der Waals surface area contributed by atoms with E-state index in [1.54, 1.807) is 5.57 Å². The highest BCUT2D eigenvalue weighted by Gasteiger charge is 2.24. The molecule has 1 aromatic carbocycles. The first-order chi connectivity index (χ1) is 9.29. The van der Waals surface area contributed by atoms with Gasteiger partial charge >= 0.3 is 0 Å². The van der Waals surface area contributed by atoms with Gasteiger partial charge in [-0.1, -0.05) is 36.8 Å². The molecule has 1 aromatic rings. The number of amides is 1. The molecule has 1 unspecified atom stereocenters. The first-order valence-electron chi connectivity index (χ1n) is 7.37. The number of carbonyl (C=O) groups is 1. The van der Waals surface area contributed by atoms with Crippen molar-refractivity contribution in [3.05, 3.63) is 34.2 Å². The van der Waals surface area contributed by atoms with Crippen molar-refractivity contribution >= 4 is 17.6 Å². The number of benzene rings is 1. The average molecular weight is 255 g/mol. The van der Waals surface area contributed by atoms with Crippen LogP contribution in [-0.4, -0.2) is 12.5 Å². The predicted molar refractivity (Wildman–Crippen MR) is 78.1 cm³/mol. The topological polar surface area (TPSA) is 29.1 Å². The van der Waals surface area contributed by atoms with Gasteiger partial charge in [0.2, 0.25) is 5.91 Å². The van der Waals surface area contributed by atoms with Crippen LogP contribution in [0.15, 0.2) is 18.2 Å². The van der Waals surface area contributed by atoms with E-state index in [-0.39, 0.29) is 5.91 Å². The van der Waals surface area contributed by atoms with Crippen molar-refractivity contribution in [3.8, 4) is 0 Å². The molecule has 19 heavy (non-hydrogen) atoms. The van der Waals surface area contributed by atoms with Gasteiger partial charge < -0.3 is 5.32 Å². The second-order valence-electron chi connectivity index (χ2n) is 5.55. The van der Waals surface area contributed by atoms with Crippen molar-refractivity contribution in [2.45, 2.75) is 44.9 Å². The van der Waals surface area contributed by atoms with Gasteiger partial charge in [-0.25, -0.2) is 0 Å². The van der Waals surface area contributed by atoms with E-state index >= 15 is 0 Å². The molecule has 1 N–H and O–H groups in total. The maximum absolute atomic E-state index is 11.3. The normalized spacial score (nSPS) is 19.8. The molecular weight excluding hydrogens is 234 g/mol. The fourth-order valence-electron chi connectivity index (χ4n) is 3.41. The molecule has 1 amide bonds. The zero-order valence-electron chi connectivity index (χ0n) is 11.5. The van der Waals surface area contributed by atoms with Gasteiger partial charge in [-0.05, 0) is 47.6 Å². The lowest BCUT2D eigenvalue weighted by Gasteiger charge is -2.12. The van der Waals surface area contributed by atoms with Crippen LogP contribution in [0.2, 0.25) is 0 Å². The standard InChI is InChI=1S/C17H21NO/c1-2-16(19)18-10-9-13-11-14-7-3-5-12-6-4-8-15(13)17(12)14/h4-6,8,13H,2-3,7,9-11H2,1H3,(H,18,19). The molecule has 0 saturated heterocycles. The summed E-state index contributed by atoms with van der Waals surface area (Å²) in [6.45, 7) is 2.70. The molecule has 0 radical (unpaired) electrons. The fraction of sp³-hybridized carbons (Fsp3) is 0.471. The van der Waals surface area contributed by atoms with Crippen molar-refractivity contribution in [2.75, 3.05) is 6.54 Å². The molecule has 0 spiro atoms. The minimum atomic E-state index is 0.161. The van der Waals surface area contributed by atoms with E-state index in [2.05, 4.69) is 29.6 Å². The Bertz CT molecular complexity index is 615. The van der Waals surface area contributed by atoms with Gasteiger partial charge in [0.25, 0.3) is 0 Å². The van der Waals surface area contributed by atoms with Crippen LogP contribution >= 0.6 is 0 Å². The number of hydrogen-bond donors (Lipinski definition) is 1. The first-order valence-corrected chi connectivity index (χ1v) is 7.37. The molecule has 0 bridgehead atoms. The Morgan fingerprint density at radius 1 is 1.42 bits per heavy atom. The summed E-state index contributed by atoms with van der Waals surface area (Å²) >= 11 is 0. The second-order valence-corrected chi connectivity index (χ2v) is 5.55. The molecule has 1 atom stereocenters. The molecule has 0 heterocycles. The van der Waals surface area contributed by atoms with Crippen LogP contribution in [0.5, 0.6) is 0 Å². The third-order valence-electron chi connectivity index (χ3n) is 4.36.